The Kier molecular flexibility index (Phi) is 5.11. The zero-order valence-corrected chi connectivity index (χ0v) is 18.3. The second-order valence-corrected chi connectivity index (χ2v) is 9.37. The van der Waals surface area contributed by atoms with Crippen LogP contribution in [0.4, 0.5) is 5.69 Å². The van der Waals surface area contributed by atoms with E-state index in [1.165, 1.54) is 64.9 Å². The Morgan fingerprint density at radius 1 is 1.03 bits per heavy atom. The van der Waals surface area contributed by atoms with Crippen LogP contribution in [-0.2, 0) is 13.0 Å². The van der Waals surface area contributed by atoms with Crippen LogP contribution in [0, 0.1) is 5.92 Å². The summed E-state index contributed by atoms with van der Waals surface area (Å²) in [5.41, 5.74) is 10.1. The number of aromatic amines is 1. The van der Waals surface area contributed by atoms with Gasteiger partial charge in [-0.05, 0) is 54.9 Å². The molecule has 0 bridgehead atoms. The molecule has 4 nitrogen and oxygen atoms in total. The van der Waals surface area contributed by atoms with Crippen LogP contribution in [-0.4, -0.2) is 30.3 Å². The van der Waals surface area contributed by atoms with Crippen molar-refractivity contribution in [1.82, 2.24) is 15.5 Å². The normalized spacial score (nSPS) is 20.1. The van der Waals surface area contributed by atoms with Crippen molar-refractivity contribution < 1.29 is 0 Å². The standard InChI is InChI=1S/C26H32N4/c1-17-4-9-21(10-5-17)27-16-18-6-13-23-20(14-18)15-24-25(28-29-26(23)24)19-7-11-22(12-8-19)30(2)3/h6-8,11-14,17,21,27H,4-5,9-10,15-16H2,1-3H3,(H,28,29). The molecule has 2 aliphatic rings. The van der Waals surface area contributed by atoms with Crippen molar-refractivity contribution in [3.63, 3.8) is 0 Å². The summed E-state index contributed by atoms with van der Waals surface area (Å²) in [6.07, 6.45) is 6.32. The van der Waals surface area contributed by atoms with Gasteiger partial charge in [-0.1, -0.05) is 37.3 Å². The number of fused-ring (bicyclic) bond motifs is 3. The molecule has 0 saturated heterocycles. The highest BCUT2D eigenvalue weighted by atomic mass is 15.1. The van der Waals surface area contributed by atoms with Crippen LogP contribution in [0.15, 0.2) is 42.5 Å². The molecular weight excluding hydrogens is 368 g/mol. The highest BCUT2D eigenvalue weighted by Gasteiger charge is 2.25. The van der Waals surface area contributed by atoms with Gasteiger partial charge in [0.2, 0.25) is 0 Å². The van der Waals surface area contributed by atoms with Crippen LogP contribution < -0.4 is 10.2 Å². The number of benzene rings is 2. The lowest BCUT2D eigenvalue weighted by atomic mass is 9.87. The van der Waals surface area contributed by atoms with Gasteiger partial charge in [-0.25, -0.2) is 0 Å². The third-order valence-corrected chi connectivity index (χ3v) is 6.94. The third-order valence-electron chi connectivity index (χ3n) is 6.94. The Balaban J connectivity index is 1.31. The molecule has 4 heteroatoms. The lowest BCUT2D eigenvalue weighted by Gasteiger charge is -2.27. The smallest absolute Gasteiger partial charge is 0.0962 e. The van der Waals surface area contributed by atoms with Gasteiger partial charge in [-0.15, -0.1) is 0 Å². The number of aromatic nitrogens is 2. The Labute approximate surface area is 179 Å². The molecule has 0 amide bonds. The molecule has 0 spiro atoms. The molecule has 5 rings (SSSR count). The first-order valence-corrected chi connectivity index (χ1v) is 11.3. The average Bonchev–Trinajstić information content (AvgIpc) is 3.32. The third kappa shape index (κ3) is 3.65. The summed E-state index contributed by atoms with van der Waals surface area (Å²) in [6.45, 7) is 3.35. The van der Waals surface area contributed by atoms with Crippen molar-refractivity contribution in [2.24, 2.45) is 5.92 Å². The van der Waals surface area contributed by atoms with E-state index in [9.17, 15) is 0 Å². The van der Waals surface area contributed by atoms with Crippen molar-refractivity contribution in [3.05, 3.63) is 59.2 Å². The van der Waals surface area contributed by atoms with Crippen LogP contribution >= 0.6 is 0 Å². The molecule has 0 unspecified atom stereocenters. The van der Waals surface area contributed by atoms with Crippen LogP contribution in [0.2, 0.25) is 0 Å². The van der Waals surface area contributed by atoms with Gasteiger partial charge in [0.1, 0.15) is 0 Å². The van der Waals surface area contributed by atoms with E-state index in [4.69, 9.17) is 0 Å². The van der Waals surface area contributed by atoms with E-state index >= 15 is 0 Å². The molecule has 0 aliphatic heterocycles. The number of rotatable bonds is 5. The average molecular weight is 401 g/mol. The zero-order valence-electron chi connectivity index (χ0n) is 18.3. The zero-order chi connectivity index (χ0) is 20.7. The Hall–Kier alpha value is -2.59. The molecule has 2 aliphatic carbocycles. The molecule has 1 aromatic heterocycles. The van der Waals surface area contributed by atoms with Crippen molar-refractivity contribution >= 4 is 5.69 Å². The minimum absolute atomic E-state index is 0.683. The summed E-state index contributed by atoms with van der Waals surface area (Å²) in [4.78, 5) is 2.12. The quantitative estimate of drug-likeness (QED) is 0.472. The molecule has 1 saturated carbocycles. The predicted octanol–water partition coefficient (Wildman–Crippen LogP) is 5.38. The van der Waals surface area contributed by atoms with Crippen LogP contribution in [0.25, 0.3) is 22.5 Å². The molecule has 2 aromatic carbocycles. The first-order valence-electron chi connectivity index (χ1n) is 11.3. The molecule has 3 aromatic rings. The van der Waals surface area contributed by atoms with Gasteiger partial charge in [-0.3, -0.25) is 5.10 Å². The number of hydrogen-bond acceptors (Lipinski definition) is 3. The van der Waals surface area contributed by atoms with E-state index in [1.807, 2.05) is 0 Å². The first kappa shape index (κ1) is 19.4. The van der Waals surface area contributed by atoms with Crippen LogP contribution in [0.1, 0.15) is 49.3 Å². The van der Waals surface area contributed by atoms with Crippen molar-refractivity contribution in [2.75, 3.05) is 19.0 Å². The number of nitrogens with zero attached hydrogens (tertiary/aromatic N) is 2. The molecule has 0 radical (unpaired) electrons. The Morgan fingerprint density at radius 3 is 2.53 bits per heavy atom. The highest BCUT2D eigenvalue weighted by Crippen LogP contribution is 2.40. The largest absolute Gasteiger partial charge is 0.378 e. The second-order valence-electron chi connectivity index (χ2n) is 9.37. The maximum atomic E-state index is 4.66. The summed E-state index contributed by atoms with van der Waals surface area (Å²) in [5, 5.41) is 11.8. The summed E-state index contributed by atoms with van der Waals surface area (Å²) in [6, 6.07) is 16.3. The molecule has 0 atom stereocenters. The van der Waals surface area contributed by atoms with E-state index in [-0.39, 0.29) is 0 Å². The van der Waals surface area contributed by atoms with Crippen LogP contribution in [0.5, 0.6) is 0 Å². The van der Waals surface area contributed by atoms with Gasteiger partial charge < -0.3 is 10.2 Å². The van der Waals surface area contributed by atoms with E-state index in [0.717, 1.165) is 24.6 Å². The molecule has 2 N–H and O–H groups in total. The lowest BCUT2D eigenvalue weighted by molar-refractivity contribution is 0.306. The van der Waals surface area contributed by atoms with Gasteiger partial charge in [0.15, 0.2) is 0 Å². The fraction of sp³-hybridized carbons (Fsp3) is 0.423. The summed E-state index contributed by atoms with van der Waals surface area (Å²) in [7, 11) is 4.14. The second kappa shape index (κ2) is 7.92. The van der Waals surface area contributed by atoms with Crippen molar-refractivity contribution in [2.45, 2.75) is 51.6 Å². The summed E-state index contributed by atoms with van der Waals surface area (Å²) >= 11 is 0. The molecule has 30 heavy (non-hydrogen) atoms. The van der Waals surface area contributed by atoms with Gasteiger partial charge in [0.25, 0.3) is 0 Å². The number of anilines is 1. The highest BCUT2D eigenvalue weighted by molar-refractivity contribution is 5.81. The Morgan fingerprint density at radius 2 is 1.80 bits per heavy atom. The van der Waals surface area contributed by atoms with Gasteiger partial charge in [0.05, 0.1) is 11.4 Å². The van der Waals surface area contributed by atoms with E-state index in [2.05, 4.69) is 83.9 Å². The maximum Gasteiger partial charge on any atom is 0.0962 e. The first-order chi connectivity index (χ1) is 14.6. The maximum absolute atomic E-state index is 4.66. The predicted molar refractivity (Wildman–Crippen MR) is 125 cm³/mol. The van der Waals surface area contributed by atoms with Gasteiger partial charge in [-0.2, -0.15) is 5.10 Å². The topological polar surface area (TPSA) is 44.0 Å². The minimum atomic E-state index is 0.683. The fourth-order valence-corrected chi connectivity index (χ4v) is 4.98. The van der Waals surface area contributed by atoms with Crippen molar-refractivity contribution in [1.29, 1.82) is 0 Å². The molecule has 1 heterocycles. The number of hydrogen-bond donors (Lipinski definition) is 2. The van der Waals surface area contributed by atoms with Crippen LogP contribution in [0.3, 0.4) is 0 Å². The molecule has 1 fully saturated rings. The van der Waals surface area contributed by atoms with Crippen molar-refractivity contribution in [3.8, 4) is 22.5 Å². The summed E-state index contributed by atoms with van der Waals surface area (Å²) in [5.74, 6) is 0.902. The minimum Gasteiger partial charge on any atom is -0.378 e. The van der Waals surface area contributed by atoms with E-state index < -0.39 is 0 Å². The summed E-state index contributed by atoms with van der Waals surface area (Å²) < 4.78 is 0. The number of nitrogens with one attached hydrogen (secondary N) is 2. The number of H-pyrrole nitrogens is 1. The SMILES string of the molecule is CC1CCC(NCc2ccc3c(c2)Cc2c(-c4ccc(N(C)C)cc4)n[nH]c2-3)CC1. The van der Waals surface area contributed by atoms with E-state index in [1.54, 1.807) is 0 Å². The van der Waals surface area contributed by atoms with Gasteiger partial charge in [0, 0.05) is 55.5 Å². The monoisotopic (exact) mass is 400 g/mol. The van der Waals surface area contributed by atoms with Gasteiger partial charge >= 0.3 is 0 Å². The fourth-order valence-electron chi connectivity index (χ4n) is 4.98. The van der Waals surface area contributed by atoms with E-state index in [0.29, 0.717) is 6.04 Å². The lowest BCUT2D eigenvalue weighted by Crippen LogP contribution is -2.32. The molecular formula is C26H32N4. The Bertz CT molecular complexity index is 1020. The molecule has 156 valence electrons.